The van der Waals surface area contributed by atoms with Crippen LogP contribution in [0.15, 0.2) is 29.2 Å². The molecule has 1 aliphatic carbocycles. The van der Waals surface area contributed by atoms with E-state index in [2.05, 4.69) is 5.43 Å². The third-order valence-corrected chi connectivity index (χ3v) is 4.77. The van der Waals surface area contributed by atoms with Crippen molar-refractivity contribution in [2.24, 2.45) is 11.8 Å². The van der Waals surface area contributed by atoms with E-state index in [0.29, 0.717) is 12.0 Å². The van der Waals surface area contributed by atoms with Gasteiger partial charge in [-0.3, -0.25) is 11.3 Å². The fourth-order valence-corrected chi connectivity index (χ4v) is 3.71. The molecule has 1 aromatic carbocycles. The van der Waals surface area contributed by atoms with E-state index in [1.165, 1.54) is 38.2 Å². The summed E-state index contributed by atoms with van der Waals surface area (Å²) < 4.78 is 13.1. The van der Waals surface area contributed by atoms with Crippen LogP contribution < -0.4 is 11.3 Å². The summed E-state index contributed by atoms with van der Waals surface area (Å²) in [7, 11) is 0. The second kappa shape index (κ2) is 7.12. The molecular weight excluding hydrogens is 247 g/mol. The van der Waals surface area contributed by atoms with E-state index in [4.69, 9.17) is 5.84 Å². The lowest BCUT2D eigenvalue weighted by Gasteiger charge is -2.29. The van der Waals surface area contributed by atoms with Crippen LogP contribution in [0.2, 0.25) is 0 Å². The van der Waals surface area contributed by atoms with Crippen molar-refractivity contribution in [3.63, 3.8) is 0 Å². The minimum absolute atomic E-state index is 0.171. The number of benzene rings is 1. The Hall–Kier alpha value is -0.580. The summed E-state index contributed by atoms with van der Waals surface area (Å²) >= 11 is 1.68. The summed E-state index contributed by atoms with van der Waals surface area (Å²) in [5.41, 5.74) is 2.94. The Bertz CT molecular complexity index is 367. The molecule has 0 amide bonds. The molecule has 2 nitrogen and oxygen atoms in total. The predicted molar refractivity (Wildman–Crippen MR) is 74.8 cm³/mol. The van der Waals surface area contributed by atoms with Crippen molar-refractivity contribution in [1.29, 1.82) is 0 Å². The second-order valence-electron chi connectivity index (χ2n) is 4.94. The summed E-state index contributed by atoms with van der Waals surface area (Å²) in [6.07, 6.45) is 6.50. The number of nitrogens with one attached hydrogen (secondary N) is 1. The molecule has 0 saturated heterocycles. The summed E-state index contributed by atoms with van der Waals surface area (Å²) in [5.74, 6) is 7.07. The van der Waals surface area contributed by atoms with E-state index < -0.39 is 0 Å². The van der Waals surface area contributed by atoms with Gasteiger partial charge >= 0.3 is 0 Å². The zero-order valence-electron chi connectivity index (χ0n) is 10.6. The Kier molecular flexibility index (Phi) is 5.47. The monoisotopic (exact) mass is 268 g/mol. The van der Waals surface area contributed by atoms with Crippen LogP contribution in [0.1, 0.15) is 32.1 Å². The maximum atomic E-state index is 13.1. The summed E-state index contributed by atoms with van der Waals surface area (Å²) in [4.78, 5) is 0.978. The van der Waals surface area contributed by atoms with E-state index in [-0.39, 0.29) is 5.82 Å². The summed E-state index contributed by atoms with van der Waals surface area (Å²) in [6.45, 7) is 0. The third-order valence-electron chi connectivity index (χ3n) is 3.66. The number of thioether (sulfide) groups is 1. The van der Waals surface area contributed by atoms with Gasteiger partial charge in [-0.05, 0) is 37.0 Å². The summed E-state index contributed by atoms with van der Waals surface area (Å²) in [5, 5.41) is 0. The molecule has 0 bridgehead atoms. The molecule has 100 valence electrons. The third kappa shape index (κ3) is 3.97. The topological polar surface area (TPSA) is 38.0 Å². The van der Waals surface area contributed by atoms with Crippen molar-refractivity contribution < 1.29 is 4.39 Å². The molecule has 1 fully saturated rings. The van der Waals surface area contributed by atoms with Gasteiger partial charge < -0.3 is 0 Å². The van der Waals surface area contributed by atoms with Crippen LogP contribution in [0.5, 0.6) is 0 Å². The van der Waals surface area contributed by atoms with Gasteiger partial charge in [0, 0.05) is 16.7 Å². The average molecular weight is 268 g/mol. The van der Waals surface area contributed by atoms with Crippen LogP contribution in [0.4, 0.5) is 4.39 Å². The Labute approximate surface area is 112 Å². The van der Waals surface area contributed by atoms with E-state index in [1.807, 2.05) is 6.07 Å². The predicted octanol–water partition coefficient (Wildman–Crippen LogP) is 3.33. The van der Waals surface area contributed by atoms with Crippen LogP contribution >= 0.6 is 11.8 Å². The fraction of sp³-hybridized carbons (Fsp3) is 0.571. The highest BCUT2D eigenvalue weighted by atomic mass is 32.2. The maximum absolute atomic E-state index is 13.1. The molecule has 18 heavy (non-hydrogen) atoms. The van der Waals surface area contributed by atoms with Crippen LogP contribution in [0.25, 0.3) is 0 Å². The molecule has 3 N–H and O–H groups in total. The fourth-order valence-electron chi connectivity index (χ4n) is 2.60. The molecule has 0 radical (unpaired) electrons. The molecule has 1 aliphatic rings. The highest BCUT2D eigenvalue weighted by Crippen LogP contribution is 2.29. The van der Waals surface area contributed by atoms with Gasteiger partial charge in [0.05, 0.1) is 0 Å². The molecule has 1 unspecified atom stereocenters. The highest BCUT2D eigenvalue weighted by Gasteiger charge is 2.22. The summed E-state index contributed by atoms with van der Waals surface area (Å²) in [6, 6.07) is 7.09. The van der Waals surface area contributed by atoms with Gasteiger partial charge in [-0.25, -0.2) is 4.39 Å². The Morgan fingerprint density at radius 3 is 2.78 bits per heavy atom. The molecule has 4 heteroatoms. The molecule has 1 aromatic rings. The number of hydrogen-bond donors (Lipinski definition) is 2. The zero-order chi connectivity index (χ0) is 12.8. The standard InChI is InChI=1S/C14H21FN2S/c15-12-7-4-8-13(9-12)18-10-14(17-16)11-5-2-1-3-6-11/h4,7-9,11,14,17H,1-3,5-6,10,16H2. The minimum atomic E-state index is -0.171. The van der Waals surface area contributed by atoms with E-state index >= 15 is 0 Å². The SMILES string of the molecule is NNC(CSc1cccc(F)c1)C1CCCCC1. The minimum Gasteiger partial charge on any atom is -0.271 e. The van der Waals surface area contributed by atoms with Gasteiger partial charge in [0.25, 0.3) is 0 Å². The maximum Gasteiger partial charge on any atom is 0.124 e. The number of hydrogen-bond acceptors (Lipinski definition) is 3. The Balaban J connectivity index is 1.86. The van der Waals surface area contributed by atoms with Gasteiger partial charge in [-0.15, -0.1) is 11.8 Å². The van der Waals surface area contributed by atoms with Crippen molar-refractivity contribution in [3.8, 4) is 0 Å². The Morgan fingerprint density at radius 2 is 2.11 bits per heavy atom. The molecule has 2 rings (SSSR count). The van der Waals surface area contributed by atoms with Crippen molar-refractivity contribution >= 4 is 11.8 Å². The van der Waals surface area contributed by atoms with Gasteiger partial charge in [0.15, 0.2) is 0 Å². The van der Waals surface area contributed by atoms with E-state index in [0.717, 1.165) is 10.6 Å². The van der Waals surface area contributed by atoms with Gasteiger partial charge in [-0.1, -0.05) is 25.3 Å². The first kappa shape index (κ1) is 13.8. The van der Waals surface area contributed by atoms with Gasteiger partial charge in [-0.2, -0.15) is 0 Å². The molecule has 1 atom stereocenters. The Morgan fingerprint density at radius 1 is 1.33 bits per heavy atom. The normalized spacial score (nSPS) is 18.8. The molecule has 0 heterocycles. The largest absolute Gasteiger partial charge is 0.271 e. The van der Waals surface area contributed by atoms with Crippen LogP contribution in [-0.4, -0.2) is 11.8 Å². The van der Waals surface area contributed by atoms with Crippen molar-refractivity contribution in [2.45, 2.75) is 43.0 Å². The molecular formula is C14H21FN2S. The van der Waals surface area contributed by atoms with Crippen molar-refractivity contribution in [1.82, 2.24) is 5.43 Å². The lowest BCUT2D eigenvalue weighted by molar-refractivity contribution is 0.287. The van der Waals surface area contributed by atoms with Gasteiger partial charge in [0.1, 0.15) is 5.82 Å². The lowest BCUT2D eigenvalue weighted by Crippen LogP contribution is -2.43. The highest BCUT2D eigenvalue weighted by molar-refractivity contribution is 7.99. The van der Waals surface area contributed by atoms with Crippen LogP contribution in [0.3, 0.4) is 0 Å². The number of hydrazine groups is 1. The first-order chi connectivity index (χ1) is 8.79. The first-order valence-corrected chi connectivity index (χ1v) is 7.62. The average Bonchev–Trinajstić information content (AvgIpc) is 2.41. The molecule has 1 saturated carbocycles. The van der Waals surface area contributed by atoms with Crippen molar-refractivity contribution in [3.05, 3.63) is 30.1 Å². The van der Waals surface area contributed by atoms with E-state index in [1.54, 1.807) is 23.9 Å². The van der Waals surface area contributed by atoms with Crippen LogP contribution in [-0.2, 0) is 0 Å². The number of rotatable bonds is 5. The molecule has 0 aromatic heterocycles. The lowest BCUT2D eigenvalue weighted by atomic mass is 9.85. The second-order valence-corrected chi connectivity index (χ2v) is 6.03. The molecule has 0 spiro atoms. The zero-order valence-corrected chi connectivity index (χ0v) is 11.4. The van der Waals surface area contributed by atoms with E-state index in [9.17, 15) is 4.39 Å². The first-order valence-electron chi connectivity index (χ1n) is 6.64. The van der Waals surface area contributed by atoms with Crippen molar-refractivity contribution in [2.75, 3.05) is 5.75 Å². The van der Waals surface area contributed by atoms with Gasteiger partial charge in [0.2, 0.25) is 0 Å². The quantitative estimate of drug-likeness (QED) is 0.489. The van der Waals surface area contributed by atoms with Crippen LogP contribution in [0, 0.1) is 11.7 Å². The smallest absolute Gasteiger partial charge is 0.124 e. The number of halogens is 1. The molecule has 0 aliphatic heterocycles. The number of nitrogens with two attached hydrogens (primary N) is 1.